The van der Waals surface area contributed by atoms with Gasteiger partial charge < -0.3 is 4.74 Å². The summed E-state index contributed by atoms with van der Waals surface area (Å²) in [5.41, 5.74) is 4.64. The molecule has 0 aromatic heterocycles. The average molecular weight is 387 g/mol. The number of aryl methyl sites for hydroxylation is 2. The molecule has 24 heavy (non-hydrogen) atoms. The van der Waals surface area contributed by atoms with E-state index < -0.39 is 0 Å². The van der Waals surface area contributed by atoms with Crippen LogP contribution < -0.4 is 4.74 Å². The Hall–Kier alpha value is -1.94. The van der Waals surface area contributed by atoms with E-state index in [4.69, 9.17) is 4.74 Å². The quantitative estimate of drug-likeness (QED) is 0.553. The van der Waals surface area contributed by atoms with E-state index in [9.17, 15) is 9.59 Å². The Morgan fingerprint density at radius 1 is 1.17 bits per heavy atom. The van der Waals surface area contributed by atoms with E-state index in [0.717, 1.165) is 35.1 Å². The molecule has 0 radical (unpaired) electrons. The third-order valence-electron chi connectivity index (χ3n) is 4.42. The molecule has 1 aliphatic carbocycles. The van der Waals surface area contributed by atoms with Gasteiger partial charge in [-0.25, -0.2) is 0 Å². The third-order valence-corrected chi connectivity index (χ3v) is 4.93. The van der Waals surface area contributed by atoms with Crippen LogP contribution >= 0.6 is 15.9 Å². The molecule has 124 valence electrons. The lowest BCUT2D eigenvalue weighted by Crippen LogP contribution is -2.11. The van der Waals surface area contributed by atoms with Crippen molar-refractivity contribution in [2.45, 2.75) is 32.8 Å². The fourth-order valence-electron chi connectivity index (χ4n) is 2.94. The normalized spacial score (nSPS) is 13.5. The molecule has 0 saturated heterocycles. The van der Waals surface area contributed by atoms with Crippen LogP contribution in [0.1, 0.15) is 50.2 Å². The summed E-state index contributed by atoms with van der Waals surface area (Å²) in [5, 5.41) is 0.309. The number of carbonyl (C=O) groups excluding carboxylic acids is 2. The summed E-state index contributed by atoms with van der Waals surface area (Å²) in [6.07, 6.45) is 2.50. The van der Waals surface area contributed by atoms with Gasteiger partial charge in [0.25, 0.3) is 0 Å². The molecule has 3 nitrogen and oxygen atoms in total. The highest BCUT2D eigenvalue weighted by molar-refractivity contribution is 9.09. The molecule has 3 rings (SSSR count). The molecule has 0 N–H and O–H groups in total. The Morgan fingerprint density at radius 3 is 2.79 bits per heavy atom. The summed E-state index contributed by atoms with van der Waals surface area (Å²) >= 11 is 3.20. The van der Waals surface area contributed by atoms with E-state index in [2.05, 4.69) is 15.9 Å². The molecular formula is C20H19BrO3. The molecule has 0 amide bonds. The first-order chi connectivity index (χ1) is 11.6. The molecule has 2 aromatic rings. The number of alkyl halides is 1. The van der Waals surface area contributed by atoms with Gasteiger partial charge >= 0.3 is 0 Å². The minimum Gasteiger partial charge on any atom is -0.489 e. The first-order valence-electron chi connectivity index (χ1n) is 8.06. The largest absolute Gasteiger partial charge is 0.489 e. The highest BCUT2D eigenvalue weighted by Crippen LogP contribution is 2.26. The van der Waals surface area contributed by atoms with Gasteiger partial charge in [0.05, 0.1) is 5.33 Å². The Balaban J connectivity index is 1.77. The Morgan fingerprint density at radius 2 is 2.00 bits per heavy atom. The Kier molecular flexibility index (Phi) is 5.14. The molecule has 0 heterocycles. The number of carbonyl (C=O) groups is 2. The standard InChI is InChI=1S/C20H19BrO3/c1-13-5-6-15(20(23)11-21)9-16(13)12-24-17-8-7-14-3-2-4-19(22)18(14)10-17/h5-10H,2-4,11-12H2,1H3. The molecule has 2 aromatic carbocycles. The summed E-state index contributed by atoms with van der Waals surface area (Å²) in [6.45, 7) is 2.37. The number of rotatable bonds is 5. The van der Waals surface area contributed by atoms with Crippen molar-refractivity contribution in [3.8, 4) is 5.75 Å². The highest BCUT2D eigenvalue weighted by Gasteiger charge is 2.17. The van der Waals surface area contributed by atoms with Gasteiger partial charge in [-0.15, -0.1) is 0 Å². The lowest BCUT2D eigenvalue weighted by atomic mass is 9.90. The van der Waals surface area contributed by atoms with Crippen LogP contribution in [0.2, 0.25) is 0 Å². The topological polar surface area (TPSA) is 43.4 Å². The minimum atomic E-state index is 0.0515. The first-order valence-corrected chi connectivity index (χ1v) is 9.18. The first kappa shape index (κ1) is 16.9. The molecule has 0 saturated carbocycles. The predicted molar refractivity (Wildman–Crippen MR) is 97.3 cm³/mol. The van der Waals surface area contributed by atoms with Crippen molar-refractivity contribution in [3.63, 3.8) is 0 Å². The summed E-state index contributed by atoms with van der Waals surface area (Å²) in [4.78, 5) is 23.8. The highest BCUT2D eigenvalue weighted by atomic mass is 79.9. The zero-order valence-electron chi connectivity index (χ0n) is 13.6. The number of fused-ring (bicyclic) bond motifs is 1. The van der Waals surface area contributed by atoms with Crippen molar-refractivity contribution in [2.75, 3.05) is 5.33 Å². The summed E-state index contributed by atoms with van der Waals surface area (Å²) in [5.74, 6) is 0.944. The van der Waals surface area contributed by atoms with Crippen LogP contribution in [0.5, 0.6) is 5.75 Å². The van der Waals surface area contributed by atoms with E-state index in [1.54, 1.807) is 0 Å². The van der Waals surface area contributed by atoms with E-state index in [1.165, 1.54) is 0 Å². The van der Waals surface area contributed by atoms with Crippen molar-refractivity contribution in [2.24, 2.45) is 0 Å². The second-order valence-corrected chi connectivity index (χ2v) is 6.64. The molecule has 0 aliphatic heterocycles. The maximum absolute atomic E-state index is 12.0. The molecule has 0 spiro atoms. The van der Waals surface area contributed by atoms with Crippen LogP contribution in [-0.2, 0) is 13.0 Å². The van der Waals surface area contributed by atoms with Crippen LogP contribution in [0.25, 0.3) is 0 Å². The van der Waals surface area contributed by atoms with Gasteiger partial charge in [-0.1, -0.05) is 34.1 Å². The van der Waals surface area contributed by atoms with Crippen LogP contribution in [0.15, 0.2) is 36.4 Å². The van der Waals surface area contributed by atoms with Crippen molar-refractivity contribution in [1.82, 2.24) is 0 Å². The fourth-order valence-corrected chi connectivity index (χ4v) is 3.26. The van der Waals surface area contributed by atoms with E-state index >= 15 is 0 Å². The van der Waals surface area contributed by atoms with Crippen LogP contribution in [0.3, 0.4) is 0 Å². The number of Topliss-reactive ketones (excluding diaryl/α,β-unsaturated/α-hetero) is 2. The number of hydrogen-bond donors (Lipinski definition) is 0. The van der Waals surface area contributed by atoms with Gasteiger partial charge in [0, 0.05) is 17.5 Å². The lowest BCUT2D eigenvalue weighted by molar-refractivity contribution is 0.0970. The van der Waals surface area contributed by atoms with E-state index in [-0.39, 0.29) is 11.6 Å². The number of benzene rings is 2. The average Bonchev–Trinajstić information content (AvgIpc) is 2.61. The molecule has 0 unspecified atom stereocenters. The van der Waals surface area contributed by atoms with E-state index in [0.29, 0.717) is 29.7 Å². The zero-order valence-corrected chi connectivity index (χ0v) is 15.2. The molecule has 1 aliphatic rings. The predicted octanol–water partition coefficient (Wildman–Crippen LogP) is 4.67. The monoisotopic (exact) mass is 386 g/mol. The van der Waals surface area contributed by atoms with Crippen LogP contribution in [-0.4, -0.2) is 16.9 Å². The molecule has 0 atom stereocenters. The van der Waals surface area contributed by atoms with Gasteiger partial charge in [-0.3, -0.25) is 9.59 Å². The van der Waals surface area contributed by atoms with Crippen molar-refractivity contribution in [3.05, 3.63) is 64.2 Å². The maximum Gasteiger partial charge on any atom is 0.173 e. The van der Waals surface area contributed by atoms with Gasteiger partial charge in [0.2, 0.25) is 0 Å². The fraction of sp³-hybridized carbons (Fsp3) is 0.300. The van der Waals surface area contributed by atoms with Gasteiger partial charge in [0.1, 0.15) is 12.4 Å². The number of hydrogen-bond acceptors (Lipinski definition) is 3. The van der Waals surface area contributed by atoms with Crippen LogP contribution in [0.4, 0.5) is 0 Å². The number of ether oxygens (including phenoxy) is 1. The number of halogens is 1. The molecular weight excluding hydrogens is 368 g/mol. The number of ketones is 2. The lowest BCUT2D eigenvalue weighted by Gasteiger charge is -2.16. The van der Waals surface area contributed by atoms with Gasteiger partial charge in [0.15, 0.2) is 11.6 Å². The molecule has 0 bridgehead atoms. The van der Waals surface area contributed by atoms with E-state index in [1.807, 2.05) is 43.3 Å². The Labute approximate surface area is 150 Å². The third kappa shape index (κ3) is 3.59. The Bertz CT molecular complexity index is 795. The van der Waals surface area contributed by atoms with Crippen molar-refractivity contribution < 1.29 is 14.3 Å². The van der Waals surface area contributed by atoms with Crippen molar-refractivity contribution >= 4 is 27.5 Å². The maximum atomic E-state index is 12.0. The minimum absolute atomic E-state index is 0.0515. The van der Waals surface area contributed by atoms with Crippen LogP contribution in [0, 0.1) is 6.92 Å². The van der Waals surface area contributed by atoms with Gasteiger partial charge in [-0.05, 0) is 54.7 Å². The molecule has 4 heteroatoms. The smallest absolute Gasteiger partial charge is 0.173 e. The molecule has 0 fully saturated rings. The summed E-state index contributed by atoms with van der Waals surface area (Å²) in [6, 6.07) is 11.4. The zero-order chi connectivity index (χ0) is 17.1. The second kappa shape index (κ2) is 7.31. The van der Waals surface area contributed by atoms with Gasteiger partial charge in [-0.2, -0.15) is 0 Å². The SMILES string of the molecule is Cc1ccc(C(=O)CBr)cc1COc1ccc2c(c1)C(=O)CCC2. The summed E-state index contributed by atoms with van der Waals surface area (Å²) in [7, 11) is 0. The van der Waals surface area contributed by atoms with Crippen molar-refractivity contribution in [1.29, 1.82) is 0 Å². The second-order valence-electron chi connectivity index (χ2n) is 6.08. The summed E-state index contributed by atoms with van der Waals surface area (Å²) < 4.78 is 5.88.